The summed E-state index contributed by atoms with van der Waals surface area (Å²) >= 11 is 0. The Kier molecular flexibility index (Phi) is 4.88. The van der Waals surface area contributed by atoms with Crippen molar-refractivity contribution in [2.45, 2.75) is 37.5 Å². The Hall–Kier alpha value is -1.87. The monoisotopic (exact) mass is 370 g/mol. The molecule has 2 saturated heterocycles. The average molecular weight is 370 g/mol. The van der Waals surface area contributed by atoms with Gasteiger partial charge in [-0.1, -0.05) is 0 Å². The van der Waals surface area contributed by atoms with Crippen molar-refractivity contribution in [3.05, 3.63) is 17.6 Å². The van der Waals surface area contributed by atoms with Crippen LogP contribution in [0.5, 0.6) is 0 Å². The standard InChI is InChI=1S/C16H22N2O6S/c1-11-14(25(22,23)18-7-2-3-8-18)9-13(24-11)15(19)17-6-4-5-12(10-17)16(20)21/h9,12H,2-8,10H2,1H3,(H,20,21). The van der Waals surface area contributed by atoms with Gasteiger partial charge in [-0.25, -0.2) is 8.42 Å². The molecule has 2 aliphatic heterocycles. The van der Waals surface area contributed by atoms with Crippen LogP contribution < -0.4 is 0 Å². The highest BCUT2D eigenvalue weighted by molar-refractivity contribution is 7.89. The highest BCUT2D eigenvalue weighted by Crippen LogP contribution is 2.28. The Bertz CT molecular complexity index is 779. The van der Waals surface area contributed by atoms with Gasteiger partial charge in [0.1, 0.15) is 10.7 Å². The molecule has 0 spiro atoms. The molecule has 8 nitrogen and oxygen atoms in total. The van der Waals surface area contributed by atoms with E-state index in [1.54, 1.807) is 0 Å². The molecular weight excluding hydrogens is 348 g/mol. The minimum absolute atomic E-state index is 0.0181. The second-order valence-corrected chi connectivity index (χ2v) is 8.48. The van der Waals surface area contributed by atoms with Gasteiger partial charge in [-0.05, 0) is 32.6 Å². The van der Waals surface area contributed by atoms with Gasteiger partial charge in [-0.15, -0.1) is 0 Å². The van der Waals surface area contributed by atoms with E-state index < -0.39 is 27.8 Å². The first-order valence-electron chi connectivity index (χ1n) is 8.43. The molecule has 2 aliphatic rings. The molecule has 9 heteroatoms. The molecule has 0 saturated carbocycles. The van der Waals surface area contributed by atoms with Crippen LogP contribution in [0.25, 0.3) is 0 Å². The van der Waals surface area contributed by atoms with Crippen LogP contribution in [0.2, 0.25) is 0 Å². The van der Waals surface area contributed by atoms with E-state index in [0.29, 0.717) is 32.5 Å². The van der Waals surface area contributed by atoms with Gasteiger partial charge in [0.05, 0.1) is 5.92 Å². The molecule has 25 heavy (non-hydrogen) atoms. The lowest BCUT2D eigenvalue weighted by Gasteiger charge is -2.29. The second kappa shape index (κ2) is 6.80. The second-order valence-electron chi connectivity index (χ2n) is 6.57. The fraction of sp³-hybridized carbons (Fsp3) is 0.625. The SMILES string of the molecule is Cc1oc(C(=O)N2CCCC(C(=O)O)C2)cc1S(=O)(=O)N1CCCC1. The Balaban J connectivity index is 1.82. The van der Waals surface area contributed by atoms with Crippen molar-refractivity contribution >= 4 is 21.9 Å². The molecule has 1 N–H and O–H groups in total. The molecule has 2 fully saturated rings. The number of sulfonamides is 1. The summed E-state index contributed by atoms with van der Waals surface area (Å²) in [5.41, 5.74) is 0. The third-order valence-corrected chi connectivity index (χ3v) is 6.83. The van der Waals surface area contributed by atoms with E-state index in [9.17, 15) is 18.0 Å². The van der Waals surface area contributed by atoms with Gasteiger partial charge in [0.25, 0.3) is 5.91 Å². The summed E-state index contributed by atoms with van der Waals surface area (Å²) in [5, 5.41) is 9.14. The maximum Gasteiger partial charge on any atom is 0.308 e. The lowest BCUT2D eigenvalue weighted by Crippen LogP contribution is -2.42. The number of furan rings is 1. The van der Waals surface area contributed by atoms with Crippen molar-refractivity contribution in [1.29, 1.82) is 0 Å². The van der Waals surface area contributed by atoms with Gasteiger partial charge in [0.15, 0.2) is 5.76 Å². The molecule has 0 aliphatic carbocycles. The van der Waals surface area contributed by atoms with Crippen LogP contribution in [-0.2, 0) is 14.8 Å². The zero-order chi connectivity index (χ0) is 18.2. The Labute approximate surface area is 146 Å². The zero-order valence-electron chi connectivity index (χ0n) is 14.1. The third kappa shape index (κ3) is 3.43. The number of aryl methyl sites for hydroxylation is 1. The van der Waals surface area contributed by atoms with Gasteiger partial charge in [0, 0.05) is 32.2 Å². The van der Waals surface area contributed by atoms with Crippen molar-refractivity contribution in [3.63, 3.8) is 0 Å². The summed E-state index contributed by atoms with van der Waals surface area (Å²) < 4.78 is 32.2. The number of piperidine rings is 1. The van der Waals surface area contributed by atoms with Crippen LogP contribution >= 0.6 is 0 Å². The van der Waals surface area contributed by atoms with Gasteiger partial charge >= 0.3 is 5.97 Å². The van der Waals surface area contributed by atoms with Gasteiger partial charge in [0.2, 0.25) is 10.0 Å². The summed E-state index contributed by atoms with van der Waals surface area (Å²) in [6.45, 7) is 3.03. The Morgan fingerprint density at radius 1 is 1.20 bits per heavy atom. The number of likely N-dealkylation sites (tertiary alicyclic amines) is 1. The first kappa shape index (κ1) is 17.9. The van der Waals surface area contributed by atoms with Crippen LogP contribution in [-0.4, -0.2) is 60.8 Å². The first-order valence-corrected chi connectivity index (χ1v) is 9.87. The minimum Gasteiger partial charge on any atom is -0.481 e. The molecule has 0 radical (unpaired) electrons. The van der Waals surface area contributed by atoms with Gasteiger partial charge in [-0.2, -0.15) is 4.31 Å². The molecule has 1 unspecified atom stereocenters. The van der Waals surface area contributed by atoms with Crippen molar-refractivity contribution in [2.24, 2.45) is 5.92 Å². The van der Waals surface area contributed by atoms with Crippen LogP contribution in [0.1, 0.15) is 42.0 Å². The number of amides is 1. The van der Waals surface area contributed by atoms with E-state index >= 15 is 0 Å². The lowest BCUT2D eigenvalue weighted by atomic mass is 9.98. The fourth-order valence-corrected chi connectivity index (χ4v) is 5.09. The predicted molar refractivity (Wildman–Crippen MR) is 87.7 cm³/mol. The number of aliphatic carboxylic acids is 1. The predicted octanol–water partition coefficient (Wildman–Crippen LogP) is 1.31. The van der Waals surface area contributed by atoms with Crippen LogP contribution in [0.4, 0.5) is 0 Å². The zero-order valence-corrected chi connectivity index (χ0v) is 14.9. The third-order valence-electron chi connectivity index (χ3n) is 4.82. The number of hydrogen-bond donors (Lipinski definition) is 1. The molecule has 1 aromatic heterocycles. The van der Waals surface area contributed by atoms with E-state index in [4.69, 9.17) is 9.52 Å². The molecule has 1 atom stereocenters. The van der Waals surface area contributed by atoms with Crippen molar-refractivity contribution in [3.8, 4) is 0 Å². The van der Waals surface area contributed by atoms with Gasteiger partial charge < -0.3 is 14.4 Å². The van der Waals surface area contributed by atoms with Crippen LogP contribution in [0, 0.1) is 12.8 Å². The quantitative estimate of drug-likeness (QED) is 0.856. The molecule has 3 heterocycles. The molecule has 1 aromatic rings. The summed E-state index contributed by atoms with van der Waals surface area (Å²) in [5.74, 6) is -1.85. The number of hydrogen-bond acceptors (Lipinski definition) is 5. The average Bonchev–Trinajstić information content (AvgIpc) is 3.24. The fourth-order valence-electron chi connectivity index (χ4n) is 3.41. The largest absolute Gasteiger partial charge is 0.481 e. The normalized spacial score (nSPS) is 22.3. The van der Waals surface area contributed by atoms with E-state index in [0.717, 1.165) is 12.8 Å². The van der Waals surface area contributed by atoms with Crippen LogP contribution in [0.15, 0.2) is 15.4 Å². The minimum atomic E-state index is -3.66. The topological polar surface area (TPSA) is 108 Å². The summed E-state index contributed by atoms with van der Waals surface area (Å²) in [4.78, 5) is 25.2. The smallest absolute Gasteiger partial charge is 0.308 e. The summed E-state index contributed by atoms with van der Waals surface area (Å²) in [6.07, 6.45) is 2.78. The molecule has 0 aromatic carbocycles. The maximum atomic E-state index is 12.7. The number of carboxylic acid groups (broad SMARTS) is 1. The summed E-state index contributed by atoms with van der Waals surface area (Å²) in [7, 11) is -3.66. The lowest BCUT2D eigenvalue weighted by molar-refractivity contribution is -0.143. The number of carbonyl (C=O) groups is 2. The van der Waals surface area contributed by atoms with E-state index in [-0.39, 0.29) is 23.0 Å². The van der Waals surface area contributed by atoms with Crippen LogP contribution in [0.3, 0.4) is 0 Å². The molecule has 3 rings (SSSR count). The summed E-state index contributed by atoms with van der Waals surface area (Å²) in [6, 6.07) is 1.27. The van der Waals surface area contributed by atoms with Crippen molar-refractivity contribution in [1.82, 2.24) is 9.21 Å². The molecular formula is C16H22N2O6S. The highest BCUT2D eigenvalue weighted by atomic mass is 32.2. The highest BCUT2D eigenvalue weighted by Gasteiger charge is 2.34. The Morgan fingerprint density at radius 3 is 2.52 bits per heavy atom. The number of carbonyl (C=O) groups excluding carboxylic acids is 1. The van der Waals surface area contributed by atoms with Gasteiger partial charge in [-0.3, -0.25) is 9.59 Å². The Morgan fingerprint density at radius 2 is 1.88 bits per heavy atom. The van der Waals surface area contributed by atoms with E-state index in [1.165, 1.54) is 22.2 Å². The first-order chi connectivity index (χ1) is 11.8. The van der Waals surface area contributed by atoms with Crippen molar-refractivity contribution < 1.29 is 27.5 Å². The van der Waals surface area contributed by atoms with E-state index in [1.807, 2.05) is 0 Å². The molecule has 1 amide bonds. The molecule has 138 valence electrons. The number of carboxylic acids is 1. The van der Waals surface area contributed by atoms with E-state index in [2.05, 4.69) is 0 Å². The van der Waals surface area contributed by atoms with Crippen molar-refractivity contribution in [2.75, 3.05) is 26.2 Å². The maximum absolute atomic E-state index is 12.7. The number of nitrogens with zero attached hydrogens (tertiary/aromatic N) is 2. The number of rotatable bonds is 4. The molecule has 0 bridgehead atoms.